The number of hydrogen-bond acceptors (Lipinski definition) is 4. The van der Waals surface area contributed by atoms with E-state index in [0.29, 0.717) is 0 Å². The Morgan fingerprint density at radius 1 is 0.618 bits per heavy atom. The number of Topliss-reactive ketones (excluding diaryl/α,β-unsaturated/α-hetero) is 2. The maximum atomic E-state index is 12.3. The van der Waals surface area contributed by atoms with E-state index in [1.807, 2.05) is 76.5 Å². The Labute approximate surface area is 202 Å². The molecule has 6 heteroatoms. The van der Waals surface area contributed by atoms with Crippen LogP contribution in [0.4, 0.5) is 0 Å². The Morgan fingerprint density at radius 3 is 1.26 bits per heavy atom. The second-order valence-corrected chi connectivity index (χ2v) is 9.93. The third kappa shape index (κ3) is 4.96. The third-order valence-corrected chi connectivity index (χ3v) is 5.77. The molecule has 6 nitrogen and oxygen atoms in total. The molecule has 0 unspecified atom stereocenters. The summed E-state index contributed by atoms with van der Waals surface area (Å²) in [5.74, 6) is 0.867. The van der Waals surface area contributed by atoms with Crippen LogP contribution in [0.5, 0.6) is 0 Å². The molecule has 180 valence electrons. The highest BCUT2D eigenvalue weighted by Crippen LogP contribution is 2.26. The standard InChI is InChI=1S/2C14H18N2O/c2*1-9(2)13-12(14(17)10(3)4)11-7-5-6-8-16(11)15-13/h2*5-10H,1-4H3. The van der Waals surface area contributed by atoms with Gasteiger partial charge in [0.25, 0.3) is 0 Å². The molecule has 0 aliphatic rings. The van der Waals surface area contributed by atoms with Crippen LogP contribution in [0.3, 0.4) is 0 Å². The van der Waals surface area contributed by atoms with Gasteiger partial charge in [-0.2, -0.15) is 10.2 Å². The van der Waals surface area contributed by atoms with Crippen LogP contribution in [0.25, 0.3) is 11.0 Å². The molecule has 0 amide bonds. The number of pyridine rings is 2. The van der Waals surface area contributed by atoms with Crippen molar-refractivity contribution in [1.29, 1.82) is 0 Å². The fraction of sp³-hybridized carbons (Fsp3) is 0.429. The number of hydrogen-bond donors (Lipinski definition) is 0. The van der Waals surface area contributed by atoms with Gasteiger partial charge in [-0.15, -0.1) is 0 Å². The van der Waals surface area contributed by atoms with E-state index in [-0.39, 0.29) is 35.2 Å². The van der Waals surface area contributed by atoms with E-state index >= 15 is 0 Å². The van der Waals surface area contributed by atoms with Gasteiger partial charge in [0.1, 0.15) is 0 Å². The van der Waals surface area contributed by atoms with Crippen molar-refractivity contribution in [3.63, 3.8) is 0 Å². The van der Waals surface area contributed by atoms with E-state index in [2.05, 4.69) is 37.9 Å². The summed E-state index contributed by atoms with van der Waals surface area (Å²) < 4.78 is 3.59. The first-order chi connectivity index (χ1) is 16.0. The van der Waals surface area contributed by atoms with E-state index in [1.54, 1.807) is 9.03 Å². The fourth-order valence-corrected chi connectivity index (χ4v) is 3.92. The molecule has 34 heavy (non-hydrogen) atoms. The Bertz CT molecular complexity index is 1210. The van der Waals surface area contributed by atoms with Gasteiger partial charge in [0.2, 0.25) is 0 Å². The van der Waals surface area contributed by atoms with Gasteiger partial charge in [0.05, 0.1) is 33.5 Å². The summed E-state index contributed by atoms with van der Waals surface area (Å²) in [4.78, 5) is 24.6. The SMILES string of the molecule is CC(C)C(=O)c1c(C(C)C)nn2ccccc12.CC(C)C(=O)c1c(C(C)C)nn2ccccc12. The first-order valence-corrected chi connectivity index (χ1v) is 12.1. The summed E-state index contributed by atoms with van der Waals surface area (Å²) in [6.45, 7) is 16.0. The Hall–Kier alpha value is -3.28. The lowest BCUT2D eigenvalue weighted by molar-refractivity contribution is 0.0932. The highest BCUT2D eigenvalue weighted by molar-refractivity contribution is 6.05. The average Bonchev–Trinajstić information content (AvgIpc) is 3.37. The van der Waals surface area contributed by atoms with Gasteiger partial charge in [-0.3, -0.25) is 9.59 Å². The second kappa shape index (κ2) is 10.3. The predicted molar refractivity (Wildman–Crippen MR) is 137 cm³/mol. The molecular formula is C28H36N4O2. The number of fused-ring (bicyclic) bond motifs is 2. The molecule has 0 bridgehead atoms. The minimum absolute atomic E-state index is 0.000654. The van der Waals surface area contributed by atoms with Gasteiger partial charge < -0.3 is 0 Å². The zero-order chi connectivity index (χ0) is 25.2. The Morgan fingerprint density at radius 2 is 0.971 bits per heavy atom. The summed E-state index contributed by atoms with van der Waals surface area (Å²) >= 11 is 0. The molecule has 4 heterocycles. The molecule has 0 atom stereocenters. The van der Waals surface area contributed by atoms with Crippen molar-refractivity contribution in [1.82, 2.24) is 19.2 Å². The molecule has 0 aliphatic carbocycles. The largest absolute Gasteiger partial charge is 0.294 e. The first-order valence-electron chi connectivity index (χ1n) is 12.1. The van der Waals surface area contributed by atoms with Crippen molar-refractivity contribution < 1.29 is 9.59 Å². The highest BCUT2D eigenvalue weighted by Gasteiger charge is 2.24. The van der Waals surface area contributed by atoms with Crippen LogP contribution in [0, 0.1) is 11.8 Å². The predicted octanol–water partition coefficient (Wildman–Crippen LogP) is 6.59. The summed E-state index contributed by atoms with van der Waals surface area (Å²) in [6, 6.07) is 11.6. The normalized spacial score (nSPS) is 11.6. The second-order valence-electron chi connectivity index (χ2n) is 9.93. The molecule has 0 aromatic carbocycles. The molecule has 0 saturated carbocycles. The molecule has 4 aromatic rings. The van der Waals surface area contributed by atoms with E-state index < -0.39 is 0 Å². The zero-order valence-corrected chi connectivity index (χ0v) is 21.5. The zero-order valence-electron chi connectivity index (χ0n) is 21.5. The smallest absolute Gasteiger partial charge is 0.169 e. The molecule has 0 fully saturated rings. The van der Waals surface area contributed by atoms with Crippen molar-refractivity contribution in [3.05, 3.63) is 71.3 Å². The Kier molecular flexibility index (Phi) is 7.70. The summed E-state index contributed by atoms with van der Waals surface area (Å²) in [6.07, 6.45) is 3.77. The minimum atomic E-state index is 0.000654. The molecule has 0 aliphatic heterocycles. The van der Waals surface area contributed by atoms with Crippen LogP contribution < -0.4 is 0 Å². The van der Waals surface area contributed by atoms with Crippen molar-refractivity contribution in [2.75, 3.05) is 0 Å². The van der Waals surface area contributed by atoms with Crippen LogP contribution in [0.2, 0.25) is 0 Å². The lowest BCUT2D eigenvalue weighted by Gasteiger charge is -2.07. The molecule has 0 radical (unpaired) electrons. The number of ketones is 2. The molecule has 0 saturated heterocycles. The van der Waals surface area contributed by atoms with Crippen molar-refractivity contribution in [2.45, 2.75) is 67.2 Å². The average molecular weight is 461 g/mol. The lowest BCUT2D eigenvalue weighted by atomic mass is 9.95. The first kappa shape index (κ1) is 25.3. The maximum Gasteiger partial charge on any atom is 0.169 e. The topological polar surface area (TPSA) is 68.7 Å². The van der Waals surface area contributed by atoms with E-state index in [0.717, 1.165) is 33.5 Å². The maximum absolute atomic E-state index is 12.3. The van der Waals surface area contributed by atoms with Gasteiger partial charge in [0, 0.05) is 24.2 Å². The van der Waals surface area contributed by atoms with Crippen LogP contribution in [0.15, 0.2) is 48.8 Å². The number of aromatic nitrogens is 4. The number of carbonyl (C=O) groups excluding carboxylic acids is 2. The van der Waals surface area contributed by atoms with Crippen molar-refractivity contribution in [3.8, 4) is 0 Å². The van der Waals surface area contributed by atoms with Crippen molar-refractivity contribution in [2.24, 2.45) is 11.8 Å². The summed E-state index contributed by atoms with van der Waals surface area (Å²) in [5, 5.41) is 9.02. The van der Waals surface area contributed by atoms with E-state index in [4.69, 9.17) is 0 Å². The summed E-state index contributed by atoms with van der Waals surface area (Å²) in [7, 11) is 0. The minimum Gasteiger partial charge on any atom is -0.294 e. The van der Waals surface area contributed by atoms with Gasteiger partial charge in [-0.1, -0.05) is 67.5 Å². The quantitative estimate of drug-likeness (QED) is 0.304. The lowest BCUT2D eigenvalue weighted by Crippen LogP contribution is -2.10. The molecule has 4 aromatic heterocycles. The van der Waals surface area contributed by atoms with E-state index in [9.17, 15) is 9.59 Å². The molecular weight excluding hydrogens is 424 g/mol. The summed E-state index contributed by atoms with van der Waals surface area (Å²) in [5.41, 5.74) is 5.20. The number of nitrogens with zero attached hydrogens (tertiary/aromatic N) is 4. The van der Waals surface area contributed by atoms with Gasteiger partial charge in [-0.05, 0) is 36.1 Å². The fourth-order valence-electron chi connectivity index (χ4n) is 3.92. The van der Waals surface area contributed by atoms with Crippen LogP contribution >= 0.6 is 0 Å². The van der Waals surface area contributed by atoms with Gasteiger partial charge in [0.15, 0.2) is 11.6 Å². The van der Waals surface area contributed by atoms with Crippen LogP contribution in [0.1, 0.15) is 99.3 Å². The van der Waals surface area contributed by atoms with Crippen LogP contribution in [-0.4, -0.2) is 30.8 Å². The third-order valence-electron chi connectivity index (χ3n) is 5.77. The molecule has 0 N–H and O–H groups in total. The Balaban J connectivity index is 0.000000191. The number of carbonyl (C=O) groups is 2. The number of rotatable bonds is 6. The molecule has 4 rings (SSSR count). The van der Waals surface area contributed by atoms with Crippen LogP contribution in [-0.2, 0) is 0 Å². The molecule has 0 spiro atoms. The van der Waals surface area contributed by atoms with Gasteiger partial charge in [-0.25, -0.2) is 9.03 Å². The van der Waals surface area contributed by atoms with Gasteiger partial charge >= 0.3 is 0 Å². The van der Waals surface area contributed by atoms with E-state index in [1.165, 1.54) is 0 Å². The monoisotopic (exact) mass is 460 g/mol. The van der Waals surface area contributed by atoms with Crippen molar-refractivity contribution >= 4 is 22.6 Å². The highest BCUT2D eigenvalue weighted by atomic mass is 16.1.